The minimum Gasteiger partial charge on any atom is -0.352 e. The second kappa shape index (κ2) is 7.52. The first-order chi connectivity index (χ1) is 14.0. The monoisotopic (exact) mass is 407 g/mol. The Balaban J connectivity index is 2.09. The van der Waals surface area contributed by atoms with Crippen molar-refractivity contribution in [3.05, 3.63) is 86.7 Å². The molecule has 3 aromatic heterocycles. The van der Waals surface area contributed by atoms with Crippen molar-refractivity contribution in [3.63, 3.8) is 0 Å². The zero-order valence-electron chi connectivity index (χ0n) is 15.6. The van der Waals surface area contributed by atoms with Crippen LogP contribution in [0.5, 0.6) is 0 Å². The molecule has 4 aromatic rings. The van der Waals surface area contributed by atoms with Crippen molar-refractivity contribution in [2.75, 3.05) is 6.54 Å². The number of fused-ring (bicyclic) bond motifs is 2. The van der Waals surface area contributed by atoms with Crippen LogP contribution in [0.25, 0.3) is 16.7 Å². The van der Waals surface area contributed by atoms with Gasteiger partial charge in [0.15, 0.2) is 0 Å². The van der Waals surface area contributed by atoms with Gasteiger partial charge >= 0.3 is 0 Å². The number of rotatable bonds is 4. The number of amides is 1. The third-order valence-electron chi connectivity index (χ3n) is 4.69. The number of benzene rings is 1. The normalized spacial score (nSPS) is 11.1. The van der Waals surface area contributed by atoms with E-state index in [0.29, 0.717) is 22.9 Å². The molecule has 1 amide bonds. The fourth-order valence-electron chi connectivity index (χ4n) is 3.27. The maximum atomic E-state index is 13.1. The summed E-state index contributed by atoms with van der Waals surface area (Å²) in [7, 11) is 0. The van der Waals surface area contributed by atoms with E-state index in [1.807, 2.05) is 18.2 Å². The zero-order chi connectivity index (χ0) is 20.5. The van der Waals surface area contributed by atoms with Crippen LogP contribution in [-0.2, 0) is 6.54 Å². The molecule has 0 fully saturated rings. The number of carbonyl (C=O) groups excluding carboxylic acids is 1. The van der Waals surface area contributed by atoms with Gasteiger partial charge in [-0.15, -0.1) is 0 Å². The molecular formula is C21H18ClN5O2. The highest BCUT2D eigenvalue weighted by atomic mass is 35.5. The van der Waals surface area contributed by atoms with Crippen molar-refractivity contribution in [2.24, 2.45) is 0 Å². The Morgan fingerprint density at radius 1 is 1.21 bits per heavy atom. The van der Waals surface area contributed by atoms with Crippen molar-refractivity contribution in [1.29, 1.82) is 5.41 Å². The maximum Gasteiger partial charge on any atom is 0.267 e. The minimum absolute atomic E-state index is 0.0319. The lowest BCUT2D eigenvalue weighted by Crippen LogP contribution is -2.35. The molecule has 0 aliphatic rings. The summed E-state index contributed by atoms with van der Waals surface area (Å²) in [6.45, 7) is 2.41. The third-order valence-corrected chi connectivity index (χ3v) is 5.06. The Morgan fingerprint density at radius 3 is 2.72 bits per heavy atom. The Hall–Kier alpha value is -3.45. The Morgan fingerprint density at radius 2 is 1.97 bits per heavy atom. The zero-order valence-corrected chi connectivity index (χ0v) is 16.4. The van der Waals surface area contributed by atoms with Crippen molar-refractivity contribution in [1.82, 2.24) is 19.3 Å². The van der Waals surface area contributed by atoms with Gasteiger partial charge in [-0.25, -0.2) is 4.98 Å². The van der Waals surface area contributed by atoms with Gasteiger partial charge in [-0.2, -0.15) is 0 Å². The van der Waals surface area contributed by atoms with Gasteiger partial charge in [-0.05, 0) is 36.8 Å². The summed E-state index contributed by atoms with van der Waals surface area (Å²) in [6, 6.07) is 14.0. The van der Waals surface area contributed by atoms with Crippen LogP contribution >= 0.6 is 11.6 Å². The number of hydrogen-bond acceptors (Lipinski definition) is 4. The van der Waals surface area contributed by atoms with Crippen molar-refractivity contribution in [2.45, 2.75) is 13.5 Å². The van der Waals surface area contributed by atoms with Gasteiger partial charge in [0.1, 0.15) is 16.8 Å². The van der Waals surface area contributed by atoms with Crippen LogP contribution in [0.2, 0.25) is 5.02 Å². The lowest BCUT2D eigenvalue weighted by molar-refractivity contribution is 0.0953. The van der Waals surface area contributed by atoms with Gasteiger partial charge in [0.2, 0.25) is 0 Å². The molecule has 0 atom stereocenters. The number of carbonyl (C=O) groups is 1. The van der Waals surface area contributed by atoms with E-state index in [9.17, 15) is 9.59 Å². The Labute approximate surface area is 170 Å². The molecule has 0 saturated carbocycles. The first-order valence-corrected chi connectivity index (χ1v) is 9.50. The van der Waals surface area contributed by atoms with E-state index in [1.165, 1.54) is 10.5 Å². The standard InChI is InChI=1S/C21H18ClN5O2/c1-2-24-20(28)14-11-15-19(25-17-9-5-6-10-26(17)21(15)29)27(18(14)23)12-13-7-3-4-8-16(13)22/h3-11,23H,2,12H2,1H3,(H,24,28). The van der Waals surface area contributed by atoms with E-state index in [0.717, 1.165) is 5.56 Å². The van der Waals surface area contributed by atoms with Gasteiger partial charge in [-0.3, -0.25) is 19.4 Å². The first kappa shape index (κ1) is 18.9. The molecule has 0 aliphatic carbocycles. The molecule has 4 rings (SSSR count). The molecule has 7 nitrogen and oxygen atoms in total. The lowest BCUT2D eigenvalue weighted by Gasteiger charge is -2.15. The highest BCUT2D eigenvalue weighted by Crippen LogP contribution is 2.18. The number of aromatic nitrogens is 3. The Bertz CT molecular complexity index is 1370. The number of nitrogens with zero attached hydrogens (tertiary/aromatic N) is 3. The molecule has 0 bridgehead atoms. The maximum absolute atomic E-state index is 13.1. The van der Waals surface area contributed by atoms with Crippen LogP contribution in [0.3, 0.4) is 0 Å². The molecular weight excluding hydrogens is 390 g/mol. The van der Waals surface area contributed by atoms with Gasteiger partial charge in [0, 0.05) is 17.8 Å². The summed E-state index contributed by atoms with van der Waals surface area (Å²) in [5.41, 5.74) is 1.33. The Kier molecular flexibility index (Phi) is 4.90. The van der Waals surface area contributed by atoms with Crippen LogP contribution in [0, 0.1) is 5.41 Å². The summed E-state index contributed by atoms with van der Waals surface area (Å²) in [6.07, 6.45) is 1.63. The summed E-state index contributed by atoms with van der Waals surface area (Å²) in [4.78, 5) is 30.3. The van der Waals surface area contributed by atoms with Crippen LogP contribution in [-0.4, -0.2) is 26.4 Å². The molecule has 0 aliphatic heterocycles. The van der Waals surface area contributed by atoms with E-state index in [-0.39, 0.29) is 28.5 Å². The minimum atomic E-state index is -0.412. The molecule has 29 heavy (non-hydrogen) atoms. The fourth-order valence-corrected chi connectivity index (χ4v) is 3.46. The molecule has 0 spiro atoms. The van der Waals surface area contributed by atoms with E-state index in [2.05, 4.69) is 10.3 Å². The van der Waals surface area contributed by atoms with E-state index >= 15 is 0 Å². The molecule has 3 heterocycles. The van der Waals surface area contributed by atoms with E-state index in [4.69, 9.17) is 17.0 Å². The smallest absolute Gasteiger partial charge is 0.267 e. The van der Waals surface area contributed by atoms with Crippen LogP contribution in [0.4, 0.5) is 0 Å². The van der Waals surface area contributed by atoms with Crippen molar-refractivity contribution in [3.8, 4) is 0 Å². The molecule has 146 valence electrons. The average molecular weight is 408 g/mol. The summed E-state index contributed by atoms with van der Waals surface area (Å²) in [5.74, 6) is -0.412. The predicted octanol–water partition coefficient (Wildman–Crippen LogP) is 2.58. The SMILES string of the molecule is CCNC(=O)c1cc2c(=O)n3ccccc3nc2n(Cc2ccccc2Cl)c1=N. The summed E-state index contributed by atoms with van der Waals surface area (Å²) < 4.78 is 2.98. The van der Waals surface area contributed by atoms with Crippen molar-refractivity contribution < 1.29 is 4.79 Å². The molecule has 0 saturated heterocycles. The average Bonchev–Trinajstić information content (AvgIpc) is 2.72. The molecule has 0 unspecified atom stereocenters. The van der Waals surface area contributed by atoms with Gasteiger partial charge in [0.25, 0.3) is 11.5 Å². The van der Waals surface area contributed by atoms with E-state index < -0.39 is 5.91 Å². The lowest BCUT2D eigenvalue weighted by atomic mass is 10.1. The second-order valence-corrected chi connectivity index (χ2v) is 6.93. The number of pyridine rings is 2. The number of nitrogens with one attached hydrogen (secondary N) is 2. The summed E-state index contributed by atoms with van der Waals surface area (Å²) >= 11 is 6.32. The highest BCUT2D eigenvalue weighted by Gasteiger charge is 2.17. The van der Waals surface area contributed by atoms with Gasteiger partial charge in [0.05, 0.1) is 17.5 Å². The molecule has 8 heteroatoms. The molecule has 2 N–H and O–H groups in total. The molecule has 0 radical (unpaired) electrons. The quantitative estimate of drug-likeness (QED) is 0.509. The number of hydrogen-bond donors (Lipinski definition) is 2. The van der Waals surface area contributed by atoms with Crippen LogP contribution < -0.4 is 16.4 Å². The predicted molar refractivity (Wildman–Crippen MR) is 111 cm³/mol. The van der Waals surface area contributed by atoms with Crippen LogP contribution in [0.15, 0.2) is 59.5 Å². The van der Waals surface area contributed by atoms with Gasteiger partial charge < -0.3 is 9.88 Å². The topological polar surface area (TPSA) is 92.2 Å². The third kappa shape index (κ3) is 3.30. The highest BCUT2D eigenvalue weighted by molar-refractivity contribution is 6.31. The van der Waals surface area contributed by atoms with Crippen molar-refractivity contribution >= 4 is 34.2 Å². The fraction of sp³-hybridized carbons (Fsp3) is 0.143. The second-order valence-electron chi connectivity index (χ2n) is 6.53. The summed E-state index contributed by atoms with van der Waals surface area (Å²) in [5, 5.41) is 12.1. The van der Waals surface area contributed by atoms with E-state index in [1.54, 1.807) is 42.0 Å². The van der Waals surface area contributed by atoms with Gasteiger partial charge in [-0.1, -0.05) is 35.9 Å². The molecule has 1 aromatic carbocycles. The largest absolute Gasteiger partial charge is 0.352 e. The number of halogens is 1. The van der Waals surface area contributed by atoms with Crippen LogP contribution in [0.1, 0.15) is 22.8 Å². The first-order valence-electron chi connectivity index (χ1n) is 9.12.